The first-order valence-corrected chi connectivity index (χ1v) is 4.04. The standard InChI is InChI=1S/C8H13N.C2H6/c1-5-8(4)6-9-7(2)3;1-2/h6H,2,4-5H2,1,3H3;1-2H3. The molecule has 0 aromatic rings. The molecule has 0 aliphatic heterocycles. The lowest BCUT2D eigenvalue weighted by atomic mass is 10.3. The Bertz CT molecular complexity index is 143. The van der Waals surface area contributed by atoms with Gasteiger partial charge in [0, 0.05) is 11.9 Å². The van der Waals surface area contributed by atoms with Crippen LogP contribution < -0.4 is 0 Å². The van der Waals surface area contributed by atoms with E-state index in [0.29, 0.717) is 0 Å². The van der Waals surface area contributed by atoms with E-state index in [1.54, 1.807) is 6.21 Å². The van der Waals surface area contributed by atoms with Crippen molar-refractivity contribution in [3.05, 3.63) is 24.4 Å². The van der Waals surface area contributed by atoms with Crippen LogP contribution in [0.5, 0.6) is 0 Å². The summed E-state index contributed by atoms with van der Waals surface area (Å²) < 4.78 is 0. The third-order valence-electron chi connectivity index (χ3n) is 0.922. The van der Waals surface area contributed by atoms with Gasteiger partial charge in [0.2, 0.25) is 0 Å². The zero-order chi connectivity index (χ0) is 9.28. The van der Waals surface area contributed by atoms with Crippen molar-refractivity contribution >= 4 is 6.21 Å². The average molecular weight is 153 g/mol. The lowest BCUT2D eigenvalue weighted by Crippen LogP contribution is -1.78. The molecule has 0 aliphatic rings. The Morgan fingerprint density at radius 3 is 2.09 bits per heavy atom. The van der Waals surface area contributed by atoms with Crippen LogP contribution in [0.2, 0.25) is 0 Å². The van der Waals surface area contributed by atoms with Crippen LogP contribution in [0, 0.1) is 0 Å². The van der Waals surface area contributed by atoms with Crippen LogP contribution in [0.4, 0.5) is 0 Å². The Hall–Kier alpha value is -0.850. The summed E-state index contributed by atoms with van der Waals surface area (Å²) >= 11 is 0. The zero-order valence-electron chi connectivity index (χ0n) is 8.15. The molecule has 0 heterocycles. The summed E-state index contributed by atoms with van der Waals surface area (Å²) in [5, 5.41) is 0. The molecule has 0 unspecified atom stereocenters. The number of hydrogen-bond donors (Lipinski definition) is 0. The van der Waals surface area contributed by atoms with Crippen LogP contribution in [0.3, 0.4) is 0 Å². The van der Waals surface area contributed by atoms with Crippen molar-refractivity contribution in [2.75, 3.05) is 0 Å². The quantitative estimate of drug-likeness (QED) is 0.549. The van der Waals surface area contributed by atoms with E-state index in [1.807, 2.05) is 27.7 Å². The van der Waals surface area contributed by atoms with Crippen LogP contribution in [0.1, 0.15) is 34.1 Å². The molecule has 1 nitrogen and oxygen atoms in total. The third kappa shape index (κ3) is 12.4. The molecule has 0 aliphatic carbocycles. The Morgan fingerprint density at radius 2 is 1.82 bits per heavy atom. The zero-order valence-corrected chi connectivity index (χ0v) is 8.15. The molecule has 0 spiro atoms. The Labute approximate surface area is 70.5 Å². The molecular weight excluding hydrogens is 134 g/mol. The molecule has 0 saturated carbocycles. The first kappa shape index (κ1) is 12.8. The maximum Gasteiger partial charge on any atom is 0.0301 e. The summed E-state index contributed by atoms with van der Waals surface area (Å²) in [6.07, 6.45) is 2.71. The minimum absolute atomic E-state index is 0.824. The first-order chi connectivity index (χ1) is 5.16. The summed E-state index contributed by atoms with van der Waals surface area (Å²) in [4.78, 5) is 3.98. The van der Waals surface area contributed by atoms with Gasteiger partial charge in [-0.15, -0.1) is 0 Å². The van der Waals surface area contributed by atoms with Gasteiger partial charge in [0.1, 0.15) is 0 Å². The summed E-state index contributed by atoms with van der Waals surface area (Å²) in [5.41, 5.74) is 1.86. The molecule has 64 valence electrons. The van der Waals surface area contributed by atoms with E-state index >= 15 is 0 Å². The molecular formula is C10H19N. The van der Waals surface area contributed by atoms with E-state index in [2.05, 4.69) is 18.2 Å². The number of allylic oxidation sites excluding steroid dienone is 2. The van der Waals surface area contributed by atoms with Gasteiger partial charge < -0.3 is 0 Å². The van der Waals surface area contributed by atoms with Gasteiger partial charge in [-0.1, -0.05) is 33.9 Å². The predicted molar refractivity (Wildman–Crippen MR) is 54.1 cm³/mol. The first-order valence-electron chi connectivity index (χ1n) is 4.04. The van der Waals surface area contributed by atoms with Crippen LogP contribution in [0.25, 0.3) is 0 Å². The fourth-order valence-corrected chi connectivity index (χ4v) is 0.293. The van der Waals surface area contributed by atoms with Gasteiger partial charge in [-0.25, -0.2) is 0 Å². The summed E-state index contributed by atoms with van der Waals surface area (Å²) in [7, 11) is 0. The average Bonchev–Trinajstić information content (AvgIpc) is 2.04. The molecule has 0 atom stereocenters. The maximum atomic E-state index is 3.98. The van der Waals surface area contributed by atoms with E-state index in [1.165, 1.54) is 0 Å². The van der Waals surface area contributed by atoms with Gasteiger partial charge in [-0.2, -0.15) is 0 Å². The molecule has 0 amide bonds. The summed E-state index contributed by atoms with van der Waals surface area (Å²) in [5.74, 6) is 0. The Balaban J connectivity index is 0. The van der Waals surface area contributed by atoms with Crippen molar-refractivity contribution in [1.82, 2.24) is 0 Å². The minimum Gasteiger partial charge on any atom is -0.262 e. The second-order valence-corrected chi connectivity index (χ2v) is 2.01. The van der Waals surface area contributed by atoms with E-state index in [9.17, 15) is 0 Å². The third-order valence-corrected chi connectivity index (χ3v) is 0.922. The Kier molecular flexibility index (Phi) is 10.6. The van der Waals surface area contributed by atoms with Crippen molar-refractivity contribution in [2.24, 2.45) is 4.99 Å². The van der Waals surface area contributed by atoms with Crippen molar-refractivity contribution in [3.8, 4) is 0 Å². The van der Waals surface area contributed by atoms with Gasteiger partial charge in [0.05, 0.1) is 0 Å². The van der Waals surface area contributed by atoms with Crippen molar-refractivity contribution < 1.29 is 0 Å². The molecule has 0 saturated heterocycles. The van der Waals surface area contributed by atoms with Crippen LogP contribution in [0.15, 0.2) is 29.4 Å². The highest BCUT2D eigenvalue weighted by Gasteiger charge is 1.80. The topological polar surface area (TPSA) is 12.4 Å². The van der Waals surface area contributed by atoms with Crippen LogP contribution in [-0.2, 0) is 0 Å². The van der Waals surface area contributed by atoms with E-state index in [-0.39, 0.29) is 0 Å². The number of hydrogen-bond acceptors (Lipinski definition) is 1. The second kappa shape index (κ2) is 9.15. The van der Waals surface area contributed by atoms with E-state index < -0.39 is 0 Å². The Morgan fingerprint density at radius 1 is 1.36 bits per heavy atom. The molecule has 0 N–H and O–H groups in total. The molecule has 0 radical (unpaired) electrons. The highest BCUT2D eigenvalue weighted by atomic mass is 14.7. The highest BCUT2D eigenvalue weighted by molar-refractivity contribution is 5.78. The second-order valence-electron chi connectivity index (χ2n) is 2.01. The smallest absolute Gasteiger partial charge is 0.0301 e. The number of aliphatic imine (C=N–C) groups is 1. The van der Waals surface area contributed by atoms with E-state index in [0.717, 1.165) is 17.7 Å². The summed E-state index contributed by atoms with van der Waals surface area (Å²) in [6.45, 7) is 15.3. The SMILES string of the molecule is C=C(C=NC(=C)C)CC.CC. The number of rotatable bonds is 3. The van der Waals surface area contributed by atoms with Gasteiger partial charge in [-0.3, -0.25) is 4.99 Å². The van der Waals surface area contributed by atoms with Gasteiger partial charge in [-0.05, 0) is 18.9 Å². The van der Waals surface area contributed by atoms with E-state index in [4.69, 9.17) is 0 Å². The molecule has 0 fully saturated rings. The molecule has 0 aromatic heterocycles. The fraction of sp³-hybridized carbons (Fsp3) is 0.500. The molecule has 1 heteroatoms. The normalized spacial score (nSPS) is 8.73. The lowest BCUT2D eigenvalue weighted by Gasteiger charge is -1.89. The molecule has 0 bridgehead atoms. The van der Waals surface area contributed by atoms with Crippen molar-refractivity contribution in [3.63, 3.8) is 0 Å². The van der Waals surface area contributed by atoms with Crippen molar-refractivity contribution in [2.45, 2.75) is 34.1 Å². The lowest BCUT2D eigenvalue weighted by molar-refractivity contribution is 1.18. The van der Waals surface area contributed by atoms with Crippen LogP contribution in [-0.4, -0.2) is 6.21 Å². The van der Waals surface area contributed by atoms with Gasteiger partial charge >= 0.3 is 0 Å². The predicted octanol–water partition coefficient (Wildman–Crippen LogP) is 3.58. The maximum absolute atomic E-state index is 3.98. The van der Waals surface area contributed by atoms with Gasteiger partial charge in [0.25, 0.3) is 0 Å². The van der Waals surface area contributed by atoms with Crippen molar-refractivity contribution in [1.29, 1.82) is 0 Å². The molecule has 0 aromatic carbocycles. The van der Waals surface area contributed by atoms with Crippen LogP contribution >= 0.6 is 0 Å². The largest absolute Gasteiger partial charge is 0.262 e. The molecule has 11 heavy (non-hydrogen) atoms. The summed E-state index contributed by atoms with van der Waals surface area (Å²) in [6, 6.07) is 0. The number of nitrogens with zero attached hydrogens (tertiary/aromatic N) is 1. The monoisotopic (exact) mass is 153 g/mol. The molecule has 0 rings (SSSR count). The highest BCUT2D eigenvalue weighted by Crippen LogP contribution is 1.94. The minimum atomic E-state index is 0.824. The fourth-order valence-electron chi connectivity index (χ4n) is 0.293. The van der Waals surface area contributed by atoms with Gasteiger partial charge in [0.15, 0.2) is 0 Å².